The van der Waals surface area contributed by atoms with Crippen LogP contribution in [0.4, 0.5) is 0 Å². The van der Waals surface area contributed by atoms with Gasteiger partial charge in [0, 0.05) is 13.5 Å². The van der Waals surface area contributed by atoms with E-state index >= 15 is 0 Å². The summed E-state index contributed by atoms with van der Waals surface area (Å²) in [5, 5.41) is 9.17. The maximum absolute atomic E-state index is 9.17. The summed E-state index contributed by atoms with van der Waals surface area (Å²) in [5.74, 6) is 0.848. The van der Waals surface area contributed by atoms with Gasteiger partial charge in [0.25, 0.3) is 0 Å². The van der Waals surface area contributed by atoms with Crippen LogP contribution < -0.4 is 4.74 Å². The summed E-state index contributed by atoms with van der Waals surface area (Å²) in [6.45, 7) is 0. The summed E-state index contributed by atoms with van der Waals surface area (Å²) in [6.07, 6.45) is 0.749. The molecule has 14 heavy (non-hydrogen) atoms. The Labute approximate surface area is 84.3 Å². The summed E-state index contributed by atoms with van der Waals surface area (Å²) < 4.78 is 9.79. The summed E-state index contributed by atoms with van der Waals surface area (Å²) in [6, 6.07) is 7.80. The van der Waals surface area contributed by atoms with Crippen molar-refractivity contribution in [2.45, 2.75) is 19.1 Å². The van der Waals surface area contributed by atoms with Gasteiger partial charge in [0.15, 0.2) is 6.29 Å². The predicted molar refractivity (Wildman–Crippen MR) is 54.3 cm³/mol. The fraction of sp³-hybridized carbons (Fsp3) is 0.455. The lowest BCUT2D eigenvalue weighted by atomic mass is 10.1. The quantitative estimate of drug-likeness (QED) is 0.727. The Kier molecular flexibility index (Phi) is 4.43. The molecule has 0 aliphatic carbocycles. The van der Waals surface area contributed by atoms with Gasteiger partial charge in [-0.25, -0.2) is 0 Å². The smallest absolute Gasteiger partial charge is 0.154 e. The Hall–Kier alpha value is -1.06. The highest BCUT2D eigenvalue weighted by Gasteiger charge is 2.01. The molecular formula is C11H16O3. The lowest BCUT2D eigenvalue weighted by Gasteiger charge is -2.08. The normalized spacial score (nSPS) is 12.5. The van der Waals surface area contributed by atoms with Crippen LogP contribution in [0.3, 0.4) is 0 Å². The SMILES string of the molecule is COc1ccc(CCC(O)OC)cc1. The van der Waals surface area contributed by atoms with Crippen LogP contribution in [0.1, 0.15) is 12.0 Å². The summed E-state index contributed by atoms with van der Waals surface area (Å²) in [7, 11) is 3.14. The minimum absolute atomic E-state index is 0.614. The molecular weight excluding hydrogens is 180 g/mol. The van der Waals surface area contributed by atoms with Crippen molar-refractivity contribution < 1.29 is 14.6 Å². The zero-order chi connectivity index (χ0) is 10.4. The first-order chi connectivity index (χ1) is 6.76. The lowest BCUT2D eigenvalue weighted by Crippen LogP contribution is -2.09. The van der Waals surface area contributed by atoms with Crippen molar-refractivity contribution in [1.29, 1.82) is 0 Å². The van der Waals surface area contributed by atoms with Crippen molar-refractivity contribution >= 4 is 0 Å². The monoisotopic (exact) mass is 196 g/mol. The van der Waals surface area contributed by atoms with Gasteiger partial charge in [0.1, 0.15) is 5.75 Å². The molecule has 1 N–H and O–H groups in total. The van der Waals surface area contributed by atoms with E-state index in [1.54, 1.807) is 7.11 Å². The molecule has 0 aromatic heterocycles. The number of hydrogen-bond acceptors (Lipinski definition) is 3. The number of rotatable bonds is 5. The molecule has 3 nitrogen and oxygen atoms in total. The van der Waals surface area contributed by atoms with Crippen molar-refractivity contribution in [3.05, 3.63) is 29.8 Å². The van der Waals surface area contributed by atoms with E-state index in [1.807, 2.05) is 24.3 Å². The molecule has 1 aromatic rings. The van der Waals surface area contributed by atoms with Gasteiger partial charge in [0.2, 0.25) is 0 Å². The van der Waals surface area contributed by atoms with Crippen LogP contribution >= 0.6 is 0 Å². The predicted octanol–water partition coefficient (Wildman–Crippen LogP) is 1.59. The van der Waals surface area contributed by atoms with Gasteiger partial charge >= 0.3 is 0 Å². The third-order valence-electron chi connectivity index (χ3n) is 2.11. The minimum Gasteiger partial charge on any atom is -0.497 e. The second-order valence-electron chi connectivity index (χ2n) is 3.08. The summed E-state index contributed by atoms with van der Waals surface area (Å²) in [5.41, 5.74) is 1.17. The first-order valence-corrected chi connectivity index (χ1v) is 4.60. The molecule has 0 saturated heterocycles. The molecule has 78 valence electrons. The van der Waals surface area contributed by atoms with Crippen LogP contribution in [0, 0.1) is 0 Å². The first-order valence-electron chi connectivity index (χ1n) is 4.60. The van der Waals surface area contributed by atoms with Gasteiger partial charge < -0.3 is 14.6 Å². The van der Waals surface area contributed by atoms with Gasteiger partial charge in [0.05, 0.1) is 7.11 Å². The largest absolute Gasteiger partial charge is 0.497 e. The maximum atomic E-state index is 9.17. The molecule has 0 heterocycles. The van der Waals surface area contributed by atoms with Crippen molar-refractivity contribution in [2.75, 3.05) is 14.2 Å². The minimum atomic E-state index is -0.669. The van der Waals surface area contributed by atoms with E-state index in [1.165, 1.54) is 12.7 Å². The molecule has 1 aromatic carbocycles. The fourth-order valence-corrected chi connectivity index (χ4v) is 1.20. The Morgan fingerprint density at radius 3 is 2.36 bits per heavy atom. The summed E-state index contributed by atoms with van der Waals surface area (Å²) >= 11 is 0. The topological polar surface area (TPSA) is 38.7 Å². The highest BCUT2D eigenvalue weighted by atomic mass is 16.6. The third kappa shape index (κ3) is 3.36. The number of aryl methyl sites for hydroxylation is 1. The van der Waals surface area contributed by atoms with Crippen LogP contribution in [-0.4, -0.2) is 25.6 Å². The zero-order valence-corrected chi connectivity index (χ0v) is 8.56. The Bertz CT molecular complexity index is 256. The van der Waals surface area contributed by atoms with Crippen molar-refractivity contribution in [2.24, 2.45) is 0 Å². The van der Waals surface area contributed by atoms with Gasteiger partial charge in [-0.15, -0.1) is 0 Å². The summed E-state index contributed by atoms with van der Waals surface area (Å²) in [4.78, 5) is 0. The Morgan fingerprint density at radius 1 is 1.21 bits per heavy atom. The highest BCUT2D eigenvalue weighted by molar-refractivity contribution is 5.27. The van der Waals surface area contributed by atoms with Crippen LogP contribution in [0.15, 0.2) is 24.3 Å². The van der Waals surface area contributed by atoms with Crippen molar-refractivity contribution in [1.82, 2.24) is 0 Å². The van der Waals surface area contributed by atoms with E-state index in [4.69, 9.17) is 9.47 Å². The third-order valence-corrected chi connectivity index (χ3v) is 2.11. The second kappa shape index (κ2) is 5.62. The zero-order valence-electron chi connectivity index (χ0n) is 8.56. The van der Waals surface area contributed by atoms with E-state index in [0.717, 1.165) is 12.2 Å². The number of ether oxygens (including phenoxy) is 2. The number of methoxy groups -OCH3 is 2. The van der Waals surface area contributed by atoms with E-state index in [-0.39, 0.29) is 0 Å². The fourth-order valence-electron chi connectivity index (χ4n) is 1.20. The number of benzene rings is 1. The van der Waals surface area contributed by atoms with Crippen LogP contribution in [0.2, 0.25) is 0 Å². The van der Waals surface area contributed by atoms with Gasteiger partial charge in [-0.1, -0.05) is 12.1 Å². The first kappa shape index (κ1) is 11.0. The molecule has 1 rings (SSSR count). The highest BCUT2D eigenvalue weighted by Crippen LogP contribution is 2.13. The molecule has 0 radical (unpaired) electrons. The van der Waals surface area contributed by atoms with E-state index < -0.39 is 6.29 Å². The number of hydrogen-bond donors (Lipinski definition) is 1. The molecule has 0 aliphatic heterocycles. The lowest BCUT2D eigenvalue weighted by molar-refractivity contribution is -0.0777. The van der Waals surface area contributed by atoms with E-state index in [2.05, 4.69) is 0 Å². The molecule has 0 fully saturated rings. The van der Waals surface area contributed by atoms with Gasteiger partial charge in [-0.3, -0.25) is 0 Å². The van der Waals surface area contributed by atoms with Crippen molar-refractivity contribution in [3.63, 3.8) is 0 Å². The van der Waals surface area contributed by atoms with E-state index in [9.17, 15) is 5.11 Å². The molecule has 1 atom stereocenters. The second-order valence-corrected chi connectivity index (χ2v) is 3.08. The molecule has 0 saturated carbocycles. The van der Waals surface area contributed by atoms with Crippen molar-refractivity contribution in [3.8, 4) is 5.75 Å². The molecule has 0 aliphatic rings. The molecule has 1 unspecified atom stereocenters. The van der Waals surface area contributed by atoms with Gasteiger partial charge in [-0.2, -0.15) is 0 Å². The maximum Gasteiger partial charge on any atom is 0.154 e. The molecule has 0 amide bonds. The Morgan fingerprint density at radius 2 is 1.86 bits per heavy atom. The molecule has 3 heteroatoms. The average Bonchev–Trinajstić information content (AvgIpc) is 2.26. The van der Waals surface area contributed by atoms with Crippen LogP contribution in [-0.2, 0) is 11.2 Å². The number of aliphatic hydroxyl groups excluding tert-OH is 1. The standard InChI is InChI=1S/C11H16O3/c1-13-10-6-3-9(4-7-10)5-8-11(12)14-2/h3-4,6-7,11-12H,5,8H2,1-2H3. The number of aliphatic hydroxyl groups is 1. The molecule has 0 spiro atoms. The Balaban J connectivity index is 2.43. The van der Waals surface area contributed by atoms with Crippen LogP contribution in [0.25, 0.3) is 0 Å². The molecule has 0 bridgehead atoms. The average molecular weight is 196 g/mol. The van der Waals surface area contributed by atoms with Gasteiger partial charge in [-0.05, 0) is 24.1 Å². The van der Waals surface area contributed by atoms with Crippen LogP contribution in [0.5, 0.6) is 5.75 Å². The van der Waals surface area contributed by atoms with E-state index in [0.29, 0.717) is 6.42 Å².